The second kappa shape index (κ2) is 59.6. The van der Waals surface area contributed by atoms with Crippen LogP contribution in [0.15, 0.2) is 109 Å². The number of esters is 3. The molecule has 0 aliphatic heterocycles. The summed E-state index contributed by atoms with van der Waals surface area (Å²) < 4.78 is 16.9. The van der Waals surface area contributed by atoms with Gasteiger partial charge < -0.3 is 14.2 Å². The summed E-state index contributed by atoms with van der Waals surface area (Å²) in [6, 6.07) is 0. The van der Waals surface area contributed by atoms with E-state index in [0.29, 0.717) is 12.8 Å². The smallest absolute Gasteiger partial charge is 0.306 e. The first kappa shape index (κ1) is 68.1. The molecule has 0 aromatic rings. The molecule has 0 aliphatic carbocycles. The molecule has 410 valence electrons. The number of carbonyl (C=O) groups is 3. The third-order valence-electron chi connectivity index (χ3n) is 12.5. The first-order chi connectivity index (χ1) is 35.5. The Hall–Kier alpha value is -3.93. The summed E-state index contributed by atoms with van der Waals surface area (Å²) in [5.41, 5.74) is 0. The van der Waals surface area contributed by atoms with Crippen molar-refractivity contribution < 1.29 is 28.6 Å². The SMILES string of the molecule is CC/C=C\C/C=C\C/C=C\C/C=C\C/C=C\CCCCCC(=O)OC(COC(=O)CCCCCCCCCCCC/C=C\C/C=C\C/C=C\C/C=C\CC)COC(=O)CCCCCCCCCCCCCC. The minimum absolute atomic E-state index is 0.0918. The van der Waals surface area contributed by atoms with E-state index < -0.39 is 6.10 Å². The van der Waals surface area contributed by atoms with Gasteiger partial charge in [0.25, 0.3) is 0 Å². The molecule has 0 bridgehead atoms. The van der Waals surface area contributed by atoms with Crippen molar-refractivity contribution in [1.29, 1.82) is 0 Å². The molecule has 0 aliphatic rings. The lowest BCUT2D eigenvalue weighted by atomic mass is 10.0. The zero-order valence-electron chi connectivity index (χ0n) is 46.9. The molecule has 0 N–H and O–H groups in total. The Morgan fingerprint density at radius 1 is 0.292 bits per heavy atom. The highest BCUT2D eigenvalue weighted by atomic mass is 16.6. The number of allylic oxidation sites excluding steroid dienone is 18. The fourth-order valence-corrected chi connectivity index (χ4v) is 8.11. The molecule has 0 aromatic heterocycles. The summed E-state index contributed by atoms with van der Waals surface area (Å²) in [4.78, 5) is 38.2. The first-order valence-corrected chi connectivity index (χ1v) is 29.9. The Bertz CT molecular complexity index is 1470. The van der Waals surface area contributed by atoms with Gasteiger partial charge in [-0.05, 0) is 103 Å². The van der Waals surface area contributed by atoms with Crippen molar-refractivity contribution in [1.82, 2.24) is 0 Å². The third kappa shape index (κ3) is 57.0. The Labute approximate surface area is 444 Å². The van der Waals surface area contributed by atoms with Crippen LogP contribution in [0, 0.1) is 0 Å². The topological polar surface area (TPSA) is 78.9 Å². The van der Waals surface area contributed by atoms with E-state index in [0.717, 1.165) is 122 Å². The zero-order chi connectivity index (χ0) is 52.2. The lowest BCUT2D eigenvalue weighted by molar-refractivity contribution is -0.167. The number of ether oxygens (including phenoxy) is 3. The third-order valence-corrected chi connectivity index (χ3v) is 12.5. The number of hydrogen-bond donors (Lipinski definition) is 0. The molecule has 1 atom stereocenters. The predicted octanol–water partition coefficient (Wildman–Crippen LogP) is 20.3. The Balaban J connectivity index is 4.39. The Morgan fingerprint density at radius 3 is 0.861 bits per heavy atom. The second-order valence-corrected chi connectivity index (χ2v) is 19.5. The molecule has 0 radical (unpaired) electrons. The average Bonchev–Trinajstić information content (AvgIpc) is 3.38. The molecule has 0 aromatic carbocycles. The maximum Gasteiger partial charge on any atom is 0.306 e. The summed E-state index contributed by atoms with van der Waals surface area (Å²) in [6.07, 6.45) is 80.8. The van der Waals surface area contributed by atoms with E-state index in [1.54, 1.807) is 0 Å². The quantitative estimate of drug-likeness (QED) is 0.0261. The molecule has 0 amide bonds. The van der Waals surface area contributed by atoms with Gasteiger partial charge in [0.2, 0.25) is 0 Å². The van der Waals surface area contributed by atoms with E-state index in [1.165, 1.54) is 109 Å². The van der Waals surface area contributed by atoms with Crippen LogP contribution < -0.4 is 0 Å². The van der Waals surface area contributed by atoms with Crippen LogP contribution in [0.3, 0.4) is 0 Å². The zero-order valence-corrected chi connectivity index (χ0v) is 46.9. The number of rotatable bonds is 53. The maximum absolute atomic E-state index is 12.9. The van der Waals surface area contributed by atoms with Gasteiger partial charge in [-0.2, -0.15) is 0 Å². The molecular weight excluding hydrogens is 889 g/mol. The number of hydrogen-bond acceptors (Lipinski definition) is 6. The van der Waals surface area contributed by atoms with Crippen molar-refractivity contribution in [2.24, 2.45) is 0 Å². The van der Waals surface area contributed by atoms with E-state index >= 15 is 0 Å². The van der Waals surface area contributed by atoms with Crippen LogP contribution in [0.2, 0.25) is 0 Å². The van der Waals surface area contributed by atoms with Gasteiger partial charge in [0.1, 0.15) is 13.2 Å². The van der Waals surface area contributed by atoms with Crippen LogP contribution in [-0.4, -0.2) is 37.2 Å². The number of unbranched alkanes of at least 4 members (excludes halogenated alkanes) is 24. The highest BCUT2D eigenvalue weighted by molar-refractivity contribution is 5.71. The van der Waals surface area contributed by atoms with Gasteiger partial charge in [0, 0.05) is 19.3 Å². The lowest BCUT2D eigenvalue weighted by Crippen LogP contribution is -2.30. The average molecular weight is 1000 g/mol. The highest BCUT2D eigenvalue weighted by Gasteiger charge is 2.19. The molecule has 0 saturated heterocycles. The standard InChI is InChI=1S/C66H110O6/c1-4-7-10-13-16-19-22-25-27-29-31-32-33-34-36-37-39-41-44-47-50-53-56-59-65(68)71-62-63(61-70-64(67)58-55-52-49-46-43-24-21-18-15-12-9-6-3)72-66(69)60-57-54-51-48-45-42-40-38-35-30-28-26-23-20-17-14-11-8-5-2/h7-8,10-11,16-17,19-20,25-28,31-32,35,38,42,45,63H,4-6,9,12-15,18,21-24,29-30,33-34,36-37,39-41,43-44,46-62H2,1-3H3/b10-7-,11-8-,19-16-,20-17-,27-25-,28-26-,32-31-,38-35-,45-42-. The predicted molar refractivity (Wildman–Crippen MR) is 311 cm³/mol. The van der Waals surface area contributed by atoms with E-state index in [9.17, 15) is 14.4 Å². The highest BCUT2D eigenvalue weighted by Crippen LogP contribution is 2.15. The van der Waals surface area contributed by atoms with Gasteiger partial charge >= 0.3 is 17.9 Å². The lowest BCUT2D eigenvalue weighted by Gasteiger charge is -2.18. The molecule has 6 nitrogen and oxygen atoms in total. The second-order valence-electron chi connectivity index (χ2n) is 19.5. The Kier molecular flexibility index (Phi) is 56.4. The van der Waals surface area contributed by atoms with Crippen LogP contribution in [-0.2, 0) is 28.6 Å². The van der Waals surface area contributed by atoms with Gasteiger partial charge in [0.05, 0.1) is 0 Å². The minimum Gasteiger partial charge on any atom is -0.462 e. The van der Waals surface area contributed by atoms with E-state index in [1.807, 2.05) is 0 Å². The molecular formula is C66H110O6. The summed E-state index contributed by atoms with van der Waals surface area (Å²) >= 11 is 0. The van der Waals surface area contributed by atoms with Crippen LogP contribution in [0.25, 0.3) is 0 Å². The van der Waals surface area contributed by atoms with Gasteiger partial charge in [0.15, 0.2) is 6.10 Å². The van der Waals surface area contributed by atoms with Crippen molar-refractivity contribution >= 4 is 17.9 Å². The van der Waals surface area contributed by atoms with Crippen molar-refractivity contribution in [3.05, 3.63) is 109 Å². The molecule has 0 heterocycles. The molecule has 72 heavy (non-hydrogen) atoms. The van der Waals surface area contributed by atoms with Crippen molar-refractivity contribution in [3.8, 4) is 0 Å². The van der Waals surface area contributed by atoms with E-state index in [2.05, 4.69) is 130 Å². The molecule has 6 heteroatoms. The summed E-state index contributed by atoms with van der Waals surface area (Å²) in [6.45, 7) is 6.39. The van der Waals surface area contributed by atoms with E-state index in [-0.39, 0.29) is 37.5 Å². The molecule has 0 spiro atoms. The summed E-state index contributed by atoms with van der Waals surface area (Å²) in [7, 11) is 0. The van der Waals surface area contributed by atoms with Crippen molar-refractivity contribution in [2.45, 2.75) is 277 Å². The minimum atomic E-state index is -0.798. The van der Waals surface area contributed by atoms with Gasteiger partial charge in [-0.15, -0.1) is 0 Å². The van der Waals surface area contributed by atoms with E-state index in [4.69, 9.17) is 14.2 Å². The Morgan fingerprint density at radius 2 is 0.542 bits per heavy atom. The van der Waals surface area contributed by atoms with Crippen LogP contribution >= 0.6 is 0 Å². The fraction of sp³-hybridized carbons (Fsp3) is 0.682. The monoisotopic (exact) mass is 999 g/mol. The van der Waals surface area contributed by atoms with Crippen molar-refractivity contribution in [3.63, 3.8) is 0 Å². The van der Waals surface area contributed by atoms with Crippen LogP contribution in [0.5, 0.6) is 0 Å². The molecule has 1 unspecified atom stereocenters. The van der Waals surface area contributed by atoms with Crippen LogP contribution in [0.4, 0.5) is 0 Å². The molecule has 0 fully saturated rings. The number of carbonyl (C=O) groups excluding carboxylic acids is 3. The fourth-order valence-electron chi connectivity index (χ4n) is 8.11. The summed E-state index contributed by atoms with van der Waals surface area (Å²) in [5, 5.41) is 0. The summed E-state index contributed by atoms with van der Waals surface area (Å²) in [5.74, 6) is -0.925. The van der Waals surface area contributed by atoms with Crippen LogP contribution in [0.1, 0.15) is 271 Å². The van der Waals surface area contributed by atoms with Crippen molar-refractivity contribution in [2.75, 3.05) is 13.2 Å². The molecule has 0 saturated carbocycles. The van der Waals surface area contributed by atoms with Gasteiger partial charge in [-0.3, -0.25) is 14.4 Å². The molecule has 0 rings (SSSR count). The normalized spacial score (nSPS) is 12.9. The van der Waals surface area contributed by atoms with Gasteiger partial charge in [-0.25, -0.2) is 0 Å². The first-order valence-electron chi connectivity index (χ1n) is 29.9. The largest absolute Gasteiger partial charge is 0.462 e. The maximum atomic E-state index is 12.9. The van der Waals surface area contributed by atoms with Gasteiger partial charge in [-0.1, -0.05) is 259 Å².